The van der Waals surface area contributed by atoms with Crippen molar-refractivity contribution in [3.63, 3.8) is 0 Å². The molecule has 0 aliphatic carbocycles. The number of para-hydroxylation sites is 1. The van der Waals surface area contributed by atoms with Gasteiger partial charge in [0.25, 0.3) is 0 Å². The molecule has 0 bridgehead atoms. The van der Waals surface area contributed by atoms with Crippen LogP contribution in [0.2, 0.25) is 0 Å². The third-order valence-electron chi connectivity index (χ3n) is 3.20. The van der Waals surface area contributed by atoms with Crippen LogP contribution in [0.4, 0.5) is 0 Å². The van der Waals surface area contributed by atoms with Gasteiger partial charge in [-0.2, -0.15) is 8.42 Å². The molecule has 0 unspecified atom stereocenters. The van der Waals surface area contributed by atoms with Gasteiger partial charge < -0.3 is 4.18 Å². The Morgan fingerprint density at radius 2 is 1.18 bits per heavy atom. The Kier molecular flexibility index (Phi) is 3.94. The highest BCUT2D eigenvalue weighted by Crippen LogP contribution is 2.31. The molecule has 0 radical (unpaired) electrons. The normalized spacial score (nSPS) is 11.1. The molecule has 3 aromatic carbocycles. The first kappa shape index (κ1) is 14.4. The molecule has 0 aromatic heterocycles. The van der Waals surface area contributed by atoms with Crippen LogP contribution in [-0.4, -0.2) is 8.42 Å². The van der Waals surface area contributed by atoms with Crippen LogP contribution in [-0.2, 0) is 10.1 Å². The van der Waals surface area contributed by atoms with Gasteiger partial charge in [-0.25, -0.2) is 0 Å². The van der Waals surface area contributed by atoms with Crippen molar-refractivity contribution in [2.75, 3.05) is 0 Å². The molecule has 4 heteroatoms. The molecular formula is C18H14O3S. The van der Waals surface area contributed by atoms with E-state index in [9.17, 15) is 8.42 Å². The van der Waals surface area contributed by atoms with Gasteiger partial charge in [-0.3, -0.25) is 0 Å². The Hall–Kier alpha value is -2.59. The Balaban J connectivity index is 2.01. The predicted octanol–water partition coefficient (Wildman–Crippen LogP) is 4.12. The van der Waals surface area contributed by atoms with Gasteiger partial charge in [0, 0.05) is 5.56 Å². The molecule has 0 spiro atoms. The van der Waals surface area contributed by atoms with E-state index in [1.54, 1.807) is 30.3 Å². The minimum atomic E-state index is -3.84. The molecule has 3 nitrogen and oxygen atoms in total. The number of benzene rings is 3. The number of hydrogen-bond donors (Lipinski definition) is 0. The summed E-state index contributed by atoms with van der Waals surface area (Å²) < 4.78 is 30.1. The van der Waals surface area contributed by atoms with Crippen molar-refractivity contribution in [1.29, 1.82) is 0 Å². The van der Waals surface area contributed by atoms with Crippen LogP contribution in [0.15, 0.2) is 89.8 Å². The fourth-order valence-corrected chi connectivity index (χ4v) is 3.12. The van der Waals surface area contributed by atoms with Gasteiger partial charge in [-0.15, -0.1) is 0 Å². The third-order valence-corrected chi connectivity index (χ3v) is 4.45. The molecule has 3 aromatic rings. The van der Waals surface area contributed by atoms with Crippen molar-refractivity contribution in [1.82, 2.24) is 0 Å². The maximum absolute atomic E-state index is 12.4. The van der Waals surface area contributed by atoms with Crippen molar-refractivity contribution >= 4 is 10.1 Å². The van der Waals surface area contributed by atoms with Crippen molar-refractivity contribution in [2.45, 2.75) is 4.90 Å². The summed E-state index contributed by atoms with van der Waals surface area (Å²) in [6.07, 6.45) is 0. The number of rotatable bonds is 4. The maximum Gasteiger partial charge on any atom is 0.339 e. The molecule has 0 amide bonds. The Morgan fingerprint density at radius 1 is 0.636 bits per heavy atom. The summed E-state index contributed by atoms with van der Waals surface area (Å²) in [5.74, 6) is 0.317. The standard InChI is InChI=1S/C18H14O3S/c19-22(20,16-11-5-2-6-12-16)21-18-14-8-7-13-17(18)15-9-3-1-4-10-15/h1-14H. The lowest BCUT2D eigenvalue weighted by Gasteiger charge is -2.11. The SMILES string of the molecule is O=S(=O)(Oc1ccccc1-c1ccccc1)c1ccccc1. The second-order valence-electron chi connectivity index (χ2n) is 4.71. The van der Waals surface area contributed by atoms with Gasteiger partial charge in [0.1, 0.15) is 4.90 Å². The summed E-state index contributed by atoms with van der Waals surface area (Å²) in [7, 11) is -3.84. The second kappa shape index (κ2) is 6.03. The van der Waals surface area contributed by atoms with E-state index in [1.807, 2.05) is 42.5 Å². The lowest BCUT2D eigenvalue weighted by atomic mass is 10.1. The molecule has 22 heavy (non-hydrogen) atoms. The van der Waals surface area contributed by atoms with Crippen LogP contribution >= 0.6 is 0 Å². The lowest BCUT2D eigenvalue weighted by Crippen LogP contribution is -2.10. The summed E-state index contributed by atoms with van der Waals surface area (Å²) in [4.78, 5) is 0.137. The highest BCUT2D eigenvalue weighted by Gasteiger charge is 2.18. The number of hydrogen-bond acceptors (Lipinski definition) is 3. The zero-order valence-electron chi connectivity index (χ0n) is 11.7. The minimum absolute atomic E-state index is 0.137. The predicted molar refractivity (Wildman–Crippen MR) is 86.1 cm³/mol. The largest absolute Gasteiger partial charge is 0.378 e. The second-order valence-corrected chi connectivity index (χ2v) is 6.26. The van der Waals surface area contributed by atoms with Crippen molar-refractivity contribution in [3.05, 3.63) is 84.9 Å². The molecule has 0 fully saturated rings. The molecule has 3 rings (SSSR count). The van der Waals surface area contributed by atoms with E-state index in [2.05, 4.69) is 0 Å². The van der Waals surface area contributed by atoms with E-state index in [-0.39, 0.29) is 4.90 Å². The molecule has 0 heterocycles. The average molecular weight is 310 g/mol. The van der Waals surface area contributed by atoms with Crippen molar-refractivity contribution in [3.8, 4) is 16.9 Å². The zero-order valence-corrected chi connectivity index (χ0v) is 12.5. The lowest BCUT2D eigenvalue weighted by molar-refractivity contribution is 0.487. The third kappa shape index (κ3) is 3.02. The first-order valence-electron chi connectivity index (χ1n) is 6.81. The van der Waals surface area contributed by atoms with Gasteiger partial charge in [0.2, 0.25) is 0 Å². The molecular weight excluding hydrogens is 296 g/mol. The smallest absolute Gasteiger partial charge is 0.339 e. The molecule has 0 aliphatic rings. The fraction of sp³-hybridized carbons (Fsp3) is 0. The van der Waals surface area contributed by atoms with Crippen LogP contribution in [0.3, 0.4) is 0 Å². The van der Waals surface area contributed by atoms with Crippen molar-refractivity contribution in [2.24, 2.45) is 0 Å². The van der Waals surface area contributed by atoms with E-state index < -0.39 is 10.1 Å². The first-order chi connectivity index (χ1) is 10.7. The molecule has 0 saturated carbocycles. The quantitative estimate of drug-likeness (QED) is 0.681. The monoisotopic (exact) mass is 310 g/mol. The highest BCUT2D eigenvalue weighted by molar-refractivity contribution is 7.87. The topological polar surface area (TPSA) is 43.4 Å². The summed E-state index contributed by atoms with van der Waals surface area (Å²) in [5, 5.41) is 0. The van der Waals surface area contributed by atoms with Gasteiger partial charge in [-0.05, 0) is 23.8 Å². The van der Waals surface area contributed by atoms with Gasteiger partial charge in [-0.1, -0.05) is 66.7 Å². The molecule has 0 saturated heterocycles. The zero-order chi connectivity index (χ0) is 15.4. The minimum Gasteiger partial charge on any atom is -0.378 e. The van der Waals surface area contributed by atoms with Gasteiger partial charge >= 0.3 is 10.1 Å². The first-order valence-corrected chi connectivity index (χ1v) is 8.22. The van der Waals surface area contributed by atoms with Crippen LogP contribution in [0, 0.1) is 0 Å². The van der Waals surface area contributed by atoms with Crippen LogP contribution < -0.4 is 4.18 Å². The Morgan fingerprint density at radius 3 is 1.86 bits per heavy atom. The molecule has 0 aliphatic heterocycles. The van der Waals surface area contributed by atoms with Crippen LogP contribution in [0.1, 0.15) is 0 Å². The Labute approximate surface area is 129 Å². The average Bonchev–Trinajstić information content (AvgIpc) is 2.57. The van der Waals surface area contributed by atoms with Gasteiger partial charge in [0.05, 0.1) is 0 Å². The fourth-order valence-electron chi connectivity index (χ4n) is 2.15. The Bertz CT molecular complexity index is 857. The van der Waals surface area contributed by atoms with Crippen LogP contribution in [0.25, 0.3) is 11.1 Å². The van der Waals surface area contributed by atoms with Gasteiger partial charge in [0.15, 0.2) is 5.75 Å². The van der Waals surface area contributed by atoms with E-state index in [0.29, 0.717) is 5.75 Å². The van der Waals surface area contributed by atoms with E-state index in [1.165, 1.54) is 12.1 Å². The van der Waals surface area contributed by atoms with E-state index >= 15 is 0 Å². The highest BCUT2D eigenvalue weighted by atomic mass is 32.2. The molecule has 0 atom stereocenters. The maximum atomic E-state index is 12.4. The van der Waals surface area contributed by atoms with E-state index in [4.69, 9.17) is 4.18 Å². The van der Waals surface area contributed by atoms with Crippen molar-refractivity contribution < 1.29 is 12.6 Å². The summed E-state index contributed by atoms with van der Waals surface area (Å²) in [5.41, 5.74) is 1.64. The van der Waals surface area contributed by atoms with E-state index in [0.717, 1.165) is 11.1 Å². The summed E-state index contributed by atoms with van der Waals surface area (Å²) in [6, 6.07) is 24.8. The summed E-state index contributed by atoms with van der Waals surface area (Å²) in [6.45, 7) is 0. The van der Waals surface area contributed by atoms with Crippen LogP contribution in [0.5, 0.6) is 5.75 Å². The summed E-state index contributed by atoms with van der Waals surface area (Å²) >= 11 is 0. The molecule has 0 N–H and O–H groups in total. The molecule has 110 valence electrons.